The van der Waals surface area contributed by atoms with Crippen LogP contribution >= 0.6 is 0 Å². The summed E-state index contributed by atoms with van der Waals surface area (Å²) in [5, 5.41) is 9.75. The molecule has 5 heteroatoms. The van der Waals surface area contributed by atoms with Gasteiger partial charge in [0.25, 0.3) is 0 Å². The second-order valence-corrected chi connectivity index (χ2v) is 1.72. The zero-order chi connectivity index (χ0) is 7.82. The fourth-order valence-electron chi connectivity index (χ4n) is 0.438. The van der Waals surface area contributed by atoms with Gasteiger partial charge in [0.05, 0.1) is 6.61 Å². The Labute approximate surface area is 59.1 Å². The normalized spacial score (nSPS) is 9.70. The molecule has 0 aliphatic heterocycles. The van der Waals surface area contributed by atoms with Crippen molar-refractivity contribution in [1.29, 1.82) is 0 Å². The first-order valence-electron chi connectivity index (χ1n) is 2.96. The van der Waals surface area contributed by atoms with Gasteiger partial charge in [-0.1, -0.05) is 0 Å². The van der Waals surface area contributed by atoms with E-state index in [1.807, 2.05) is 0 Å². The summed E-state index contributed by atoms with van der Waals surface area (Å²) >= 11 is 0. The maximum Gasteiger partial charge on any atom is 0.206 e. The van der Waals surface area contributed by atoms with Crippen molar-refractivity contribution < 1.29 is 14.4 Å². The minimum absolute atomic E-state index is 0.0380. The first-order valence-corrected chi connectivity index (χ1v) is 2.96. The molecule has 0 unspecified atom stereocenters. The molecule has 5 nitrogen and oxygen atoms in total. The maximum atomic E-state index is 9.75. The SMILES string of the molecule is COCOCCC[N+](=O)[O-]. The van der Waals surface area contributed by atoms with Gasteiger partial charge < -0.3 is 9.47 Å². The lowest BCUT2D eigenvalue weighted by molar-refractivity contribution is -0.481. The van der Waals surface area contributed by atoms with Gasteiger partial charge in [-0.15, -0.1) is 0 Å². The van der Waals surface area contributed by atoms with Crippen molar-refractivity contribution in [2.75, 3.05) is 27.1 Å². The Balaban J connectivity index is 2.84. The molecule has 0 aromatic heterocycles. The van der Waals surface area contributed by atoms with Crippen LogP contribution in [0.5, 0.6) is 0 Å². The largest absolute Gasteiger partial charge is 0.359 e. The highest BCUT2D eigenvalue weighted by atomic mass is 16.7. The minimum Gasteiger partial charge on any atom is -0.359 e. The monoisotopic (exact) mass is 149 g/mol. The van der Waals surface area contributed by atoms with Gasteiger partial charge in [-0.05, 0) is 0 Å². The lowest BCUT2D eigenvalue weighted by atomic mass is 10.5. The molecule has 0 aromatic rings. The van der Waals surface area contributed by atoms with Crippen molar-refractivity contribution in [3.05, 3.63) is 10.1 Å². The summed E-state index contributed by atoms with van der Waals surface area (Å²) in [7, 11) is 1.51. The second kappa shape index (κ2) is 6.44. The van der Waals surface area contributed by atoms with E-state index in [1.54, 1.807) is 0 Å². The predicted octanol–water partition coefficient (Wildman–Crippen LogP) is 0.274. The van der Waals surface area contributed by atoms with Crippen LogP contribution in [0.15, 0.2) is 0 Å². The van der Waals surface area contributed by atoms with Crippen molar-refractivity contribution in [3.8, 4) is 0 Å². The molecule has 0 aliphatic rings. The summed E-state index contributed by atoms with van der Waals surface area (Å²) in [6.07, 6.45) is 0.441. The Hall–Kier alpha value is -0.680. The van der Waals surface area contributed by atoms with Crippen molar-refractivity contribution in [2.24, 2.45) is 0 Å². The number of nitro groups is 1. The first-order chi connectivity index (χ1) is 4.77. The fraction of sp³-hybridized carbons (Fsp3) is 1.00. The molecule has 10 heavy (non-hydrogen) atoms. The van der Waals surface area contributed by atoms with Gasteiger partial charge in [0.1, 0.15) is 6.79 Å². The highest BCUT2D eigenvalue weighted by molar-refractivity contribution is 4.30. The average Bonchev–Trinajstić information content (AvgIpc) is 1.87. The first kappa shape index (κ1) is 9.32. The molecule has 60 valence electrons. The van der Waals surface area contributed by atoms with E-state index in [9.17, 15) is 10.1 Å². The van der Waals surface area contributed by atoms with Gasteiger partial charge in [0, 0.05) is 18.5 Å². The molecule has 0 heterocycles. The van der Waals surface area contributed by atoms with Crippen molar-refractivity contribution >= 4 is 0 Å². The van der Waals surface area contributed by atoms with E-state index in [1.165, 1.54) is 7.11 Å². The van der Waals surface area contributed by atoms with E-state index < -0.39 is 0 Å². The standard InChI is InChI=1S/C5H11NO4/c1-9-5-10-4-2-3-6(7)8/h2-5H2,1H3. The van der Waals surface area contributed by atoms with Crippen LogP contribution in [0.2, 0.25) is 0 Å². The summed E-state index contributed by atoms with van der Waals surface area (Å²) < 4.78 is 9.36. The van der Waals surface area contributed by atoms with Gasteiger partial charge >= 0.3 is 0 Å². The van der Waals surface area contributed by atoms with E-state index in [0.717, 1.165) is 0 Å². The molecule has 0 bridgehead atoms. The number of methoxy groups -OCH3 is 1. The summed E-state index contributed by atoms with van der Waals surface area (Å²) in [5.74, 6) is 0. The quantitative estimate of drug-likeness (QED) is 0.235. The summed E-state index contributed by atoms with van der Waals surface area (Å²) in [6.45, 7) is 0.552. The molecule has 0 radical (unpaired) electrons. The Morgan fingerprint density at radius 1 is 1.60 bits per heavy atom. The third-order valence-corrected chi connectivity index (χ3v) is 0.831. The highest BCUT2D eigenvalue weighted by Gasteiger charge is 1.94. The zero-order valence-electron chi connectivity index (χ0n) is 5.91. The number of ether oxygens (including phenoxy) is 2. The Morgan fingerprint density at radius 3 is 2.80 bits per heavy atom. The molecule has 0 saturated carbocycles. The lowest BCUT2D eigenvalue weighted by Crippen LogP contribution is -2.06. The molecule has 0 saturated heterocycles. The smallest absolute Gasteiger partial charge is 0.206 e. The fourth-order valence-corrected chi connectivity index (χ4v) is 0.438. The van der Waals surface area contributed by atoms with E-state index in [-0.39, 0.29) is 18.3 Å². The van der Waals surface area contributed by atoms with E-state index in [4.69, 9.17) is 4.74 Å². The average molecular weight is 149 g/mol. The van der Waals surface area contributed by atoms with Crippen LogP contribution in [0.1, 0.15) is 6.42 Å². The van der Waals surface area contributed by atoms with Gasteiger partial charge in [-0.3, -0.25) is 10.1 Å². The molecule has 0 rings (SSSR count). The minimum atomic E-state index is -0.365. The van der Waals surface area contributed by atoms with Gasteiger partial charge in [0.2, 0.25) is 6.54 Å². The van der Waals surface area contributed by atoms with Crippen LogP contribution < -0.4 is 0 Å². The molecular weight excluding hydrogens is 138 g/mol. The maximum absolute atomic E-state index is 9.75. The second-order valence-electron chi connectivity index (χ2n) is 1.72. The van der Waals surface area contributed by atoms with E-state index >= 15 is 0 Å². The molecule has 0 aromatic carbocycles. The molecule has 0 N–H and O–H groups in total. The van der Waals surface area contributed by atoms with Gasteiger partial charge in [0.15, 0.2) is 0 Å². The Morgan fingerprint density at radius 2 is 2.30 bits per heavy atom. The predicted molar refractivity (Wildman–Crippen MR) is 34.3 cm³/mol. The van der Waals surface area contributed by atoms with Crippen molar-refractivity contribution in [1.82, 2.24) is 0 Å². The van der Waals surface area contributed by atoms with Crippen LogP contribution in [-0.2, 0) is 9.47 Å². The van der Waals surface area contributed by atoms with Gasteiger partial charge in [-0.2, -0.15) is 0 Å². The number of hydrogen-bond donors (Lipinski definition) is 0. The topological polar surface area (TPSA) is 61.6 Å². The number of hydrogen-bond acceptors (Lipinski definition) is 4. The third-order valence-electron chi connectivity index (χ3n) is 0.831. The van der Waals surface area contributed by atoms with E-state index in [2.05, 4.69) is 4.74 Å². The van der Waals surface area contributed by atoms with Crippen LogP contribution in [-0.4, -0.2) is 32.0 Å². The number of rotatable bonds is 6. The molecule has 0 fully saturated rings. The molecule has 0 amide bonds. The summed E-state index contributed by atoms with van der Waals surface area (Å²) in [6, 6.07) is 0. The molecule has 0 aliphatic carbocycles. The summed E-state index contributed by atoms with van der Waals surface area (Å²) in [5.41, 5.74) is 0. The van der Waals surface area contributed by atoms with Gasteiger partial charge in [-0.25, -0.2) is 0 Å². The molecule has 0 spiro atoms. The van der Waals surface area contributed by atoms with Crippen LogP contribution in [0.25, 0.3) is 0 Å². The van der Waals surface area contributed by atoms with Crippen LogP contribution in [0, 0.1) is 10.1 Å². The number of nitrogens with zero attached hydrogens (tertiary/aromatic N) is 1. The van der Waals surface area contributed by atoms with Crippen molar-refractivity contribution in [2.45, 2.75) is 6.42 Å². The third kappa shape index (κ3) is 7.32. The Kier molecular flexibility index (Phi) is 6.00. The highest BCUT2D eigenvalue weighted by Crippen LogP contribution is 1.82. The van der Waals surface area contributed by atoms with Crippen LogP contribution in [0.4, 0.5) is 0 Å². The molecular formula is C5H11NO4. The lowest BCUT2D eigenvalue weighted by Gasteiger charge is -1.98. The Bertz CT molecular complexity index is 95.6. The van der Waals surface area contributed by atoms with Crippen LogP contribution in [0.3, 0.4) is 0 Å². The zero-order valence-corrected chi connectivity index (χ0v) is 5.91. The van der Waals surface area contributed by atoms with E-state index in [0.29, 0.717) is 13.0 Å². The van der Waals surface area contributed by atoms with Crippen molar-refractivity contribution in [3.63, 3.8) is 0 Å². The molecule has 0 atom stereocenters. The summed E-state index contributed by atoms with van der Waals surface area (Å²) in [4.78, 5) is 9.39.